The van der Waals surface area contributed by atoms with E-state index < -0.39 is 46.8 Å². The summed E-state index contributed by atoms with van der Waals surface area (Å²) in [5, 5.41) is 4.01. The van der Waals surface area contributed by atoms with Gasteiger partial charge in [0.15, 0.2) is 0 Å². The lowest BCUT2D eigenvalue weighted by Gasteiger charge is -2.45. The van der Waals surface area contributed by atoms with Crippen LogP contribution in [0.4, 0.5) is 10.1 Å². The fourth-order valence-electron chi connectivity index (χ4n) is 8.15. The van der Waals surface area contributed by atoms with E-state index in [4.69, 9.17) is 27.9 Å². The van der Waals surface area contributed by atoms with Gasteiger partial charge in [-0.1, -0.05) is 139 Å². The van der Waals surface area contributed by atoms with Crippen molar-refractivity contribution in [2.75, 3.05) is 10.6 Å². The summed E-state index contributed by atoms with van der Waals surface area (Å²) in [6.07, 6.45) is -0.249. The van der Waals surface area contributed by atoms with Gasteiger partial charge in [-0.25, -0.2) is 4.39 Å². The predicted molar refractivity (Wildman–Crippen MR) is 238 cm³/mol. The lowest BCUT2D eigenvalue weighted by atomic mass is 9.62. The second-order valence-corrected chi connectivity index (χ2v) is 17.4. The van der Waals surface area contributed by atoms with Gasteiger partial charge in [0.25, 0.3) is 0 Å². The molecule has 1 spiro atoms. The number of nitrogens with one attached hydrogen (secondary N) is 1. The van der Waals surface area contributed by atoms with Crippen molar-refractivity contribution in [3.8, 4) is 0 Å². The molecule has 1 fully saturated rings. The van der Waals surface area contributed by atoms with Gasteiger partial charge >= 0.3 is 5.97 Å². The van der Waals surface area contributed by atoms with E-state index >= 15 is 9.18 Å². The third-order valence-electron chi connectivity index (χ3n) is 10.2. The average molecular weight is 897 g/mol. The number of halogens is 4. The molecule has 4 aromatic rings. The van der Waals surface area contributed by atoms with Crippen LogP contribution in [0.2, 0.25) is 10.0 Å². The molecule has 6 atom stereocenters. The molecule has 0 bridgehead atoms. The Hall–Kier alpha value is -2.18. The molecule has 6 rings (SSSR count). The Morgan fingerprint density at radius 2 is 1.48 bits per heavy atom. The highest BCUT2D eigenvalue weighted by atomic mass is 79.9. The molecule has 0 aliphatic carbocycles. The number of fused-ring (bicyclic) bond motifs is 2. The SMILES string of the molecule is CC(C)(C)C[C@H]1N(C(c2ccccc2)[C@@H](OC(=O)C(C)(C)C)c2ccccc2)[C@@H](CBr)[C@H](c2cccc(Cl)c2F)[C@@]12C(=O)Nc1cc(Cl)ccc12.S.S.S. The van der Waals surface area contributed by atoms with Crippen LogP contribution in [0.25, 0.3) is 0 Å². The molecule has 1 unspecified atom stereocenters. The van der Waals surface area contributed by atoms with Crippen molar-refractivity contribution in [3.05, 3.63) is 135 Å². The van der Waals surface area contributed by atoms with Crippen molar-refractivity contribution in [1.82, 2.24) is 4.90 Å². The monoisotopic (exact) mass is 894 g/mol. The molecule has 2 aliphatic heterocycles. The number of amides is 1. The molecular weight excluding hydrogens is 846 g/mol. The molecule has 0 radical (unpaired) electrons. The summed E-state index contributed by atoms with van der Waals surface area (Å²) < 4.78 is 23.3. The number of rotatable bonds is 8. The van der Waals surface area contributed by atoms with E-state index in [9.17, 15) is 4.79 Å². The van der Waals surface area contributed by atoms with Crippen LogP contribution in [0.1, 0.15) is 88.3 Å². The number of benzene rings is 4. The van der Waals surface area contributed by atoms with E-state index in [0.29, 0.717) is 28.0 Å². The molecule has 1 N–H and O–H groups in total. The second-order valence-electron chi connectivity index (χ2n) is 15.9. The number of alkyl halides is 1. The predicted octanol–water partition coefficient (Wildman–Crippen LogP) is 11.4. The van der Waals surface area contributed by atoms with Gasteiger partial charge in [0.05, 0.1) is 16.5 Å². The number of carbonyl (C=O) groups is 2. The van der Waals surface area contributed by atoms with Gasteiger partial charge in [0.1, 0.15) is 17.3 Å². The lowest BCUT2D eigenvalue weighted by molar-refractivity contribution is -0.164. The molecule has 0 aromatic heterocycles. The summed E-state index contributed by atoms with van der Waals surface area (Å²) in [5.41, 5.74) is 1.02. The molecule has 4 aromatic carbocycles. The molecular formula is C42H50BrCl2FN2O3S3. The normalized spacial score (nSPS) is 21.9. The van der Waals surface area contributed by atoms with Crippen molar-refractivity contribution in [2.24, 2.45) is 10.8 Å². The van der Waals surface area contributed by atoms with Crippen LogP contribution in [0.3, 0.4) is 0 Å². The van der Waals surface area contributed by atoms with Crippen LogP contribution in [0.5, 0.6) is 0 Å². The Bertz CT molecular complexity index is 1930. The van der Waals surface area contributed by atoms with Crippen molar-refractivity contribution in [3.63, 3.8) is 0 Å². The Morgan fingerprint density at radius 1 is 0.889 bits per heavy atom. The summed E-state index contributed by atoms with van der Waals surface area (Å²) in [7, 11) is 0. The zero-order chi connectivity index (χ0) is 36.9. The number of esters is 1. The van der Waals surface area contributed by atoms with Crippen LogP contribution < -0.4 is 5.32 Å². The molecule has 54 heavy (non-hydrogen) atoms. The third kappa shape index (κ3) is 8.55. The number of hydrogen-bond acceptors (Lipinski definition) is 4. The largest absolute Gasteiger partial charge is 0.455 e. The fourth-order valence-corrected chi connectivity index (χ4v) is 9.21. The van der Waals surface area contributed by atoms with Gasteiger partial charge in [-0.05, 0) is 73.1 Å². The number of ether oxygens (including phenoxy) is 1. The van der Waals surface area contributed by atoms with Gasteiger partial charge in [-0.15, -0.1) is 0 Å². The van der Waals surface area contributed by atoms with E-state index in [-0.39, 0.29) is 62.8 Å². The quantitative estimate of drug-likeness (QED) is 0.141. The first-order chi connectivity index (χ1) is 24.1. The van der Waals surface area contributed by atoms with Crippen LogP contribution in [0, 0.1) is 16.6 Å². The molecule has 2 aliphatic rings. The van der Waals surface area contributed by atoms with Crippen molar-refractivity contribution >= 4 is 97.2 Å². The minimum atomic E-state index is -1.29. The molecule has 5 nitrogen and oxygen atoms in total. The number of carbonyl (C=O) groups excluding carboxylic acids is 2. The summed E-state index contributed by atoms with van der Waals surface area (Å²) in [4.78, 5) is 31.4. The maximum absolute atomic E-state index is 16.6. The van der Waals surface area contributed by atoms with Gasteiger partial charge in [-0.3, -0.25) is 14.5 Å². The first-order valence-corrected chi connectivity index (χ1v) is 19.2. The Morgan fingerprint density at radius 3 is 2.04 bits per heavy atom. The fraction of sp³-hybridized carbons (Fsp3) is 0.381. The number of likely N-dealkylation sites (tertiary alicyclic amines) is 1. The zero-order valence-corrected chi connectivity index (χ0v) is 37.3. The summed E-state index contributed by atoms with van der Waals surface area (Å²) in [6, 6.07) is 28.6. The van der Waals surface area contributed by atoms with Crippen LogP contribution in [0.15, 0.2) is 97.1 Å². The van der Waals surface area contributed by atoms with Crippen molar-refractivity contribution < 1.29 is 18.7 Å². The van der Waals surface area contributed by atoms with E-state index in [2.05, 4.69) is 46.9 Å². The maximum Gasteiger partial charge on any atom is 0.311 e. The van der Waals surface area contributed by atoms with Gasteiger partial charge in [0, 0.05) is 34.0 Å². The van der Waals surface area contributed by atoms with Gasteiger partial charge in [0.2, 0.25) is 5.91 Å². The van der Waals surface area contributed by atoms with Crippen LogP contribution in [-0.2, 0) is 19.7 Å². The molecule has 292 valence electrons. The van der Waals surface area contributed by atoms with E-state index in [1.165, 1.54) is 6.07 Å². The summed E-state index contributed by atoms with van der Waals surface area (Å²) in [6.45, 7) is 12.0. The first kappa shape index (κ1) is 46.2. The number of hydrogen-bond donors (Lipinski definition) is 1. The Balaban J connectivity index is 0.00000261. The topological polar surface area (TPSA) is 58.6 Å². The lowest BCUT2D eigenvalue weighted by Crippen LogP contribution is -2.52. The highest BCUT2D eigenvalue weighted by Gasteiger charge is 2.69. The summed E-state index contributed by atoms with van der Waals surface area (Å²) in [5.74, 6) is -1.87. The Labute approximate surface area is 358 Å². The van der Waals surface area contributed by atoms with Gasteiger partial charge in [-0.2, -0.15) is 40.5 Å². The van der Waals surface area contributed by atoms with E-state index in [1.807, 2.05) is 87.5 Å². The standard InChI is InChI=1S/C42H44BrCl2FN2O3.3H2S/c1-40(2,3)23-33-42(29-21-20-27(44)22-31(29)47-38(42)49)34(28-18-13-19-30(45)35(28)46)32(24-43)48(33)36(25-14-9-7-10-15-25)37(26-16-11-8-12-17-26)51-39(50)41(4,5)6;;;/h7-22,32-34,36-37H,23-24H2,1-6H3,(H,47,49);3*1H2/t32-,33+,34-,36?,37-,42-;;;/m0.../s1. The zero-order valence-electron chi connectivity index (χ0n) is 31.2. The first-order valence-electron chi connectivity index (χ1n) is 17.3. The smallest absolute Gasteiger partial charge is 0.311 e. The van der Waals surface area contributed by atoms with Crippen LogP contribution in [-0.4, -0.2) is 34.2 Å². The molecule has 1 amide bonds. The highest BCUT2D eigenvalue weighted by Crippen LogP contribution is 2.63. The number of nitrogens with zero attached hydrogens (tertiary/aromatic N) is 1. The third-order valence-corrected chi connectivity index (χ3v) is 11.4. The van der Waals surface area contributed by atoms with Crippen molar-refractivity contribution in [2.45, 2.75) is 83.5 Å². The summed E-state index contributed by atoms with van der Waals surface area (Å²) >= 11 is 16.9. The minimum Gasteiger partial charge on any atom is -0.455 e. The van der Waals surface area contributed by atoms with Gasteiger partial charge < -0.3 is 10.1 Å². The molecule has 12 heteroatoms. The second kappa shape index (κ2) is 18.0. The molecule has 2 heterocycles. The minimum absolute atomic E-state index is 0. The average Bonchev–Trinajstić information content (AvgIpc) is 3.51. The number of anilines is 1. The Kier molecular flexibility index (Phi) is 15.4. The van der Waals surface area contributed by atoms with Crippen LogP contribution >= 0.6 is 79.6 Å². The van der Waals surface area contributed by atoms with Crippen molar-refractivity contribution in [1.29, 1.82) is 0 Å². The van der Waals surface area contributed by atoms with E-state index in [1.54, 1.807) is 24.3 Å². The molecule has 1 saturated heterocycles. The van der Waals surface area contributed by atoms with E-state index in [0.717, 1.165) is 16.7 Å². The molecule has 0 saturated carbocycles. The highest BCUT2D eigenvalue weighted by molar-refractivity contribution is 9.09. The maximum atomic E-state index is 16.6.